The number of hydrogen-bond acceptors (Lipinski definition) is 2. The average Bonchev–Trinajstić information content (AvgIpc) is 2.58. The summed E-state index contributed by atoms with van der Waals surface area (Å²) < 4.78 is 0. The van der Waals surface area contributed by atoms with Crippen molar-refractivity contribution >= 4 is 0 Å². The van der Waals surface area contributed by atoms with Crippen molar-refractivity contribution in [2.24, 2.45) is 5.92 Å². The van der Waals surface area contributed by atoms with Crippen LogP contribution in [0.5, 0.6) is 0 Å². The number of benzene rings is 1. The second-order valence-corrected chi connectivity index (χ2v) is 7.27. The van der Waals surface area contributed by atoms with Gasteiger partial charge in [-0.05, 0) is 54.2 Å². The lowest BCUT2D eigenvalue weighted by atomic mass is 9.73. The number of allylic oxidation sites excluding steroid dienone is 3. The van der Waals surface area contributed by atoms with E-state index in [0.29, 0.717) is 24.7 Å². The van der Waals surface area contributed by atoms with Crippen molar-refractivity contribution in [3.8, 4) is 0 Å². The second kappa shape index (κ2) is 7.50. The Kier molecular flexibility index (Phi) is 5.37. The van der Waals surface area contributed by atoms with Crippen LogP contribution in [0.3, 0.4) is 0 Å². The van der Waals surface area contributed by atoms with E-state index < -0.39 is 12.2 Å². The number of hydrogen-bond donors (Lipinski definition) is 2. The van der Waals surface area contributed by atoms with Gasteiger partial charge in [0.2, 0.25) is 0 Å². The number of aliphatic hydroxyl groups is 2. The van der Waals surface area contributed by atoms with E-state index in [2.05, 4.69) is 56.0 Å². The summed E-state index contributed by atoms with van der Waals surface area (Å²) in [5.41, 5.74) is 4.64. The Labute approximate surface area is 145 Å². The Morgan fingerprint density at radius 2 is 1.88 bits per heavy atom. The fourth-order valence-electron chi connectivity index (χ4n) is 4.12. The first-order chi connectivity index (χ1) is 11.6. The molecule has 0 amide bonds. The highest BCUT2D eigenvalue weighted by Gasteiger charge is 2.27. The second-order valence-electron chi connectivity index (χ2n) is 7.27. The molecule has 24 heavy (non-hydrogen) atoms. The highest BCUT2D eigenvalue weighted by Crippen LogP contribution is 2.41. The van der Waals surface area contributed by atoms with Crippen molar-refractivity contribution in [2.45, 2.75) is 57.2 Å². The van der Waals surface area contributed by atoms with E-state index in [1.165, 1.54) is 24.0 Å². The predicted octanol–water partition coefficient (Wildman–Crippen LogP) is 4.51. The minimum atomic E-state index is -0.612. The molecule has 2 nitrogen and oxygen atoms in total. The maximum Gasteiger partial charge on any atom is 0.0811 e. The molecule has 1 aromatic rings. The van der Waals surface area contributed by atoms with Crippen LogP contribution >= 0.6 is 0 Å². The summed E-state index contributed by atoms with van der Waals surface area (Å²) in [5, 5.41) is 19.9. The molecule has 2 aliphatic carbocycles. The van der Waals surface area contributed by atoms with Crippen molar-refractivity contribution in [3.05, 3.63) is 71.3 Å². The minimum Gasteiger partial charge on any atom is -0.393 e. The van der Waals surface area contributed by atoms with Crippen LogP contribution in [0.4, 0.5) is 0 Å². The van der Waals surface area contributed by atoms with Crippen LogP contribution < -0.4 is 0 Å². The molecule has 2 saturated carbocycles. The highest BCUT2D eigenvalue weighted by atomic mass is 16.3. The molecule has 4 atom stereocenters. The van der Waals surface area contributed by atoms with Crippen LogP contribution in [0.1, 0.15) is 50.5 Å². The third-order valence-corrected chi connectivity index (χ3v) is 5.66. The molecule has 0 heterocycles. The maximum absolute atomic E-state index is 9.98. The van der Waals surface area contributed by atoms with E-state index in [4.69, 9.17) is 0 Å². The third kappa shape index (κ3) is 3.71. The summed E-state index contributed by atoms with van der Waals surface area (Å²) in [6.07, 6.45) is 7.79. The van der Waals surface area contributed by atoms with Gasteiger partial charge in [0.25, 0.3) is 0 Å². The molecule has 0 spiro atoms. The van der Waals surface area contributed by atoms with Gasteiger partial charge in [-0.2, -0.15) is 0 Å². The zero-order chi connectivity index (χ0) is 17.1. The molecule has 0 aromatic heterocycles. The summed E-state index contributed by atoms with van der Waals surface area (Å²) in [4.78, 5) is 0. The van der Waals surface area contributed by atoms with Gasteiger partial charge < -0.3 is 10.2 Å². The number of rotatable bonds is 2. The molecule has 0 radical (unpaired) electrons. The quantitative estimate of drug-likeness (QED) is 0.840. The van der Waals surface area contributed by atoms with Crippen molar-refractivity contribution < 1.29 is 10.2 Å². The summed E-state index contributed by atoms with van der Waals surface area (Å²) in [7, 11) is 0. The summed E-state index contributed by atoms with van der Waals surface area (Å²) in [6.45, 7) is 6.32. The van der Waals surface area contributed by atoms with Gasteiger partial charge in [-0.25, -0.2) is 0 Å². The minimum absolute atomic E-state index is 0.402. The summed E-state index contributed by atoms with van der Waals surface area (Å²) in [6, 6.07) is 10.8. The zero-order valence-corrected chi connectivity index (χ0v) is 14.5. The van der Waals surface area contributed by atoms with Crippen molar-refractivity contribution in [1.82, 2.24) is 0 Å². The fourth-order valence-corrected chi connectivity index (χ4v) is 4.12. The first-order valence-corrected chi connectivity index (χ1v) is 9.06. The molecule has 0 saturated heterocycles. The normalized spacial score (nSPS) is 34.7. The van der Waals surface area contributed by atoms with Gasteiger partial charge in [0, 0.05) is 6.42 Å². The van der Waals surface area contributed by atoms with Crippen molar-refractivity contribution in [3.63, 3.8) is 0 Å². The number of aliphatic hydroxyl groups excluding tert-OH is 2. The van der Waals surface area contributed by atoms with E-state index in [-0.39, 0.29) is 0 Å². The van der Waals surface area contributed by atoms with Crippen LogP contribution in [-0.2, 0) is 0 Å². The van der Waals surface area contributed by atoms with E-state index in [9.17, 15) is 10.2 Å². The van der Waals surface area contributed by atoms with Crippen LogP contribution in [0.15, 0.2) is 65.8 Å². The standard InChI is InChI=1S/C22H28O2/c1-15-17(9-6-10-21(15)18-7-4-3-5-8-18)11-12-19-13-20(23)14-22(24)16(19)2/h3-5,7-8,11-12,15,20-24H,2,6,9-10,13-14H2,1H3/b17-11+,19-12-/t15-,20+,21-,22-/m0/s1. The molecule has 1 aromatic carbocycles. The van der Waals surface area contributed by atoms with Gasteiger partial charge in [-0.15, -0.1) is 0 Å². The van der Waals surface area contributed by atoms with Gasteiger partial charge >= 0.3 is 0 Å². The first kappa shape index (κ1) is 17.2. The molecule has 0 aliphatic heterocycles. The van der Waals surface area contributed by atoms with E-state index >= 15 is 0 Å². The van der Waals surface area contributed by atoms with E-state index in [1.807, 2.05) is 0 Å². The monoisotopic (exact) mass is 324 g/mol. The van der Waals surface area contributed by atoms with Gasteiger partial charge in [-0.3, -0.25) is 0 Å². The Balaban J connectivity index is 1.79. The Morgan fingerprint density at radius 3 is 2.62 bits per heavy atom. The average molecular weight is 324 g/mol. The molecule has 2 fully saturated rings. The SMILES string of the molecule is C=C1/C(=C\C=C2/CCC[C@H](c3ccccc3)[C@H]2C)C[C@@H](O)C[C@@H]1O. The predicted molar refractivity (Wildman–Crippen MR) is 98.8 cm³/mol. The Bertz CT molecular complexity index is 641. The molecule has 2 heteroatoms. The van der Waals surface area contributed by atoms with Crippen LogP contribution in [-0.4, -0.2) is 22.4 Å². The lowest BCUT2D eigenvalue weighted by Gasteiger charge is -2.32. The van der Waals surface area contributed by atoms with Gasteiger partial charge in [-0.1, -0.05) is 61.6 Å². The Morgan fingerprint density at radius 1 is 1.12 bits per heavy atom. The molecular weight excluding hydrogens is 296 g/mol. The first-order valence-electron chi connectivity index (χ1n) is 9.06. The molecule has 128 valence electrons. The summed E-state index contributed by atoms with van der Waals surface area (Å²) in [5.74, 6) is 1.10. The largest absolute Gasteiger partial charge is 0.393 e. The zero-order valence-electron chi connectivity index (χ0n) is 14.5. The molecule has 0 bridgehead atoms. The van der Waals surface area contributed by atoms with Crippen LogP contribution in [0.2, 0.25) is 0 Å². The third-order valence-electron chi connectivity index (χ3n) is 5.66. The topological polar surface area (TPSA) is 40.5 Å². The van der Waals surface area contributed by atoms with Crippen molar-refractivity contribution in [2.75, 3.05) is 0 Å². The van der Waals surface area contributed by atoms with Crippen molar-refractivity contribution in [1.29, 1.82) is 0 Å². The fraction of sp³-hybridized carbons (Fsp3) is 0.455. The Hall–Kier alpha value is -1.64. The lowest BCUT2D eigenvalue weighted by molar-refractivity contribution is 0.0862. The highest BCUT2D eigenvalue weighted by molar-refractivity contribution is 5.38. The molecular formula is C22H28O2. The van der Waals surface area contributed by atoms with Gasteiger partial charge in [0.15, 0.2) is 0 Å². The molecule has 2 N–H and O–H groups in total. The van der Waals surface area contributed by atoms with E-state index in [0.717, 1.165) is 17.6 Å². The van der Waals surface area contributed by atoms with Crippen LogP contribution in [0.25, 0.3) is 0 Å². The molecule has 0 unspecified atom stereocenters. The summed E-state index contributed by atoms with van der Waals surface area (Å²) >= 11 is 0. The smallest absolute Gasteiger partial charge is 0.0811 e. The van der Waals surface area contributed by atoms with E-state index in [1.54, 1.807) is 0 Å². The molecule has 2 aliphatic rings. The maximum atomic E-state index is 9.98. The lowest BCUT2D eigenvalue weighted by Crippen LogP contribution is -2.26. The van der Waals surface area contributed by atoms with Gasteiger partial charge in [0.05, 0.1) is 12.2 Å². The van der Waals surface area contributed by atoms with Gasteiger partial charge in [0.1, 0.15) is 0 Å². The van der Waals surface area contributed by atoms with Crippen LogP contribution in [0, 0.1) is 5.92 Å². The molecule has 3 rings (SSSR count).